The normalized spacial score (nSPS) is 48.6. The number of rotatable bonds is 32. The molecule has 0 aromatic carbocycles. The van der Waals surface area contributed by atoms with E-state index in [1.54, 1.807) is 0 Å². The number of nitrogens with one attached hydrogen (secondary N) is 4. The number of hydrogen-bond acceptors (Lipinski definition) is 46. The highest BCUT2D eigenvalue weighted by Gasteiger charge is 2.62. The van der Waals surface area contributed by atoms with Crippen LogP contribution < -0.4 is 21.3 Å². The van der Waals surface area contributed by atoms with E-state index in [1.807, 2.05) is 0 Å². The second kappa shape index (κ2) is 41.6. The summed E-state index contributed by atoms with van der Waals surface area (Å²) in [6.45, 7) is -3.57. The van der Waals surface area contributed by atoms with Gasteiger partial charge in [-0.15, -0.1) is 0 Å². The molecule has 28 N–H and O–H groups in total. The van der Waals surface area contributed by atoms with E-state index in [9.17, 15) is 142 Å². The van der Waals surface area contributed by atoms with Gasteiger partial charge in [-0.05, 0) is 13.8 Å². The van der Waals surface area contributed by atoms with Crippen LogP contribution in [0.15, 0.2) is 0 Å². The zero-order valence-corrected chi connectivity index (χ0v) is 61.7. The molecule has 0 spiro atoms. The minimum atomic E-state index is -2.45. The van der Waals surface area contributed by atoms with Gasteiger partial charge in [0.05, 0.1) is 77.7 Å². The number of aliphatic hydroxyl groups is 24. The van der Waals surface area contributed by atoms with Gasteiger partial charge in [0.15, 0.2) is 56.6 Å². The molecule has 660 valence electrons. The Balaban J connectivity index is 0.968. The summed E-state index contributed by atoms with van der Waals surface area (Å²) in [7, 11) is 0. The van der Waals surface area contributed by atoms with Gasteiger partial charge in [0.25, 0.3) is 0 Å². The highest BCUT2D eigenvalue weighted by Crippen LogP contribution is 2.41. The molecule has 9 aliphatic rings. The molecule has 46 atom stereocenters. The van der Waals surface area contributed by atoms with Crippen LogP contribution in [0, 0.1) is 0 Å². The fourth-order valence-electron chi connectivity index (χ4n) is 14.6. The molecule has 0 radical (unpaired) electrons. The second-order valence-electron chi connectivity index (χ2n) is 28.8. The van der Waals surface area contributed by atoms with Crippen molar-refractivity contribution in [3.8, 4) is 0 Å². The predicted molar refractivity (Wildman–Crippen MR) is 353 cm³/mol. The minimum absolute atomic E-state index is 0.249. The molecule has 4 amide bonds. The maximum atomic E-state index is 13.5. The van der Waals surface area contributed by atoms with Crippen molar-refractivity contribution in [2.24, 2.45) is 0 Å². The quantitative estimate of drug-likeness (QED) is 0.0278. The molecule has 0 aliphatic carbocycles. The first-order chi connectivity index (χ1) is 54.0. The lowest BCUT2D eigenvalue weighted by Crippen LogP contribution is -2.72. The molecule has 0 bridgehead atoms. The summed E-state index contributed by atoms with van der Waals surface area (Å²) in [6, 6.07) is -6.77. The topological polar surface area (TPSA) is 768 Å². The van der Waals surface area contributed by atoms with Gasteiger partial charge < -0.3 is 229 Å². The van der Waals surface area contributed by atoms with Crippen molar-refractivity contribution in [2.45, 2.75) is 317 Å². The number of amides is 4. The summed E-state index contributed by atoms with van der Waals surface area (Å²) >= 11 is 0. The van der Waals surface area contributed by atoms with Crippen LogP contribution in [0.4, 0.5) is 0 Å². The standard InChI is InChI=1S/C64H108N4O46/c1-16-32(81)39(88)42(91)60(98-16)110-51-30(67-19(4)79)57(100-22(7-70)34(51)83)113-54-36(85)23(8-71)101-62(45(54)94)107-48-26(11-74)104-56(29(38(48)87)66-18(3)78)112-53-35(84)25(10-73)103-64(47(53)96)109-50-28(13-76)105-58(31(68-20(5)80)52(50)111-61-43(92)40(89)33(82)17(2)99-61)114-55-37(86)24(9-72)102-63(46(55)95)108-49-27(12-75)106-59(44(93)41(49)90)97-14-21(6-69)65-15-77/h15-17,21-64,69-76,81-96H,6-14H2,1-5H3,(H,65,77)(H,66,78)(H,67,79)(H,68,80)/t16-,17-,21+,22+,23+,24+,25+,26+,27+,28+,29+,30+,31+,32+,33+,34+,35-,36-,37-,38+,39+,40+,41+,42-,43-,44+,45+,46+,47+,48+,49+,50+,51+,52+,53-,54-,55-,56-,57-,58-,59+,60-,61-,62-,63-,64-/m0/s1. The van der Waals surface area contributed by atoms with Gasteiger partial charge in [0.2, 0.25) is 24.1 Å². The lowest BCUT2D eigenvalue weighted by Gasteiger charge is -2.52. The Bertz CT molecular complexity index is 2990. The Labute approximate surface area is 647 Å². The number of aliphatic hydroxyl groups excluding tert-OH is 24. The maximum absolute atomic E-state index is 13.5. The molecule has 9 aliphatic heterocycles. The van der Waals surface area contributed by atoms with Crippen molar-refractivity contribution >= 4 is 24.1 Å². The smallest absolute Gasteiger partial charge is 0.217 e. The molecule has 0 aromatic heterocycles. The van der Waals surface area contributed by atoms with Crippen LogP contribution in [-0.4, -0.2) is 488 Å². The van der Waals surface area contributed by atoms with Crippen molar-refractivity contribution in [3.63, 3.8) is 0 Å². The average molecular weight is 1670 g/mol. The van der Waals surface area contributed by atoms with E-state index in [2.05, 4.69) is 21.3 Å². The van der Waals surface area contributed by atoms with E-state index < -0.39 is 359 Å². The Morgan fingerprint density at radius 2 is 0.579 bits per heavy atom. The molecule has 9 rings (SSSR count). The summed E-state index contributed by atoms with van der Waals surface area (Å²) in [5.74, 6) is -2.82. The first-order valence-corrected chi connectivity index (χ1v) is 36.6. The van der Waals surface area contributed by atoms with Crippen molar-refractivity contribution in [2.75, 3.05) is 59.5 Å². The molecule has 50 nitrogen and oxygen atoms in total. The summed E-state index contributed by atoms with van der Waals surface area (Å²) in [4.78, 5) is 50.4. The van der Waals surface area contributed by atoms with Crippen molar-refractivity contribution in [1.82, 2.24) is 21.3 Å². The van der Waals surface area contributed by atoms with E-state index in [0.717, 1.165) is 20.8 Å². The van der Waals surface area contributed by atoms with E-state index in [1.165, 1.54) is 13.8 Å². The van der Waals surface area contributed by atoms with Gasteiger partial charge in [-0.3, -0.25) is 19.2 Å². The predicted octanol–water partition coefficient (Wildman–Crippen LogP) is -19.0. The van der Waals surface area contributed by atoms with Crippen LogP contribution in [0.3, 0.4) is 0 Å². The molecule has 114 heavy (non-hydrogen) atoms. The molecule has 0 aromatic rings. The van der Waals surface area contributed by atoms with Gasteiger partial charge in [-0.2, -0.15) is 0 Å². The van der Waals surface area contributed by atoms with Crippen LogP contribution in [-0.2, 0) is 104 Å². The first kappa shape index (κ1) is 94.1. The Hall–Kier alpha value is -3.80. The van der Waals surface area contributed by atoms with Gasteiger partial charge >= 0.3 is 0 Å². The van der Waals surface area contributed by atoms with Crippen LogP contribution in [0.5, 0.6) is 0 Å². The third-order valence-electron chi connectivity index (χ3n) is 20.9. The van der Waals surface area contributed by atoms with Crippen LogP contribution in [0.1, 0.15) is 34.6 Å². The van der Waals surface area contributed by atoms with Crippen molar-refractivity contribution < 1.29 is 227 Å². The summed E-state index contributed by atoms with van der Waals surface area (Å²) < 4.78 is 107. The molecular formula is C64H108N4O46. The first-order valence-electron chi connectivity index (χ1n) is 36.6. The van der Waals surface area contributed by atoms with Crippen LogP contribution in [0.25, 0.3) is 0 Å². The number of hydrogen-bond donors (Lipinski definition) is 28. The molecule has 9 fully saturated rings. The summed E-state index contributed by atoms with van der Waals surface area (Å²) in [5, 5.41) is 277. The highest BCUT2D eigenvalue weighted by atomic mass is 16.8. The van der Waals surface area contributed by atoms with Gasteiger partial charge in [0, 0.05) is 20.8 Å². The van der Waals surface area contributed by atoms with Crippen molar-refractivity contribution in [3.05, 3.63) is 0 Å². The highest BCUT2D eigenvalue weighted by molar-refractivity contribution is 5.74. The molecule has 0 unspecified atom stereocenters. The number of ether oxygens (including phenoxy) is 18. The fourth-order valence-corrected chi connectivity index (χ4v) is 14.6. The Morgan fingerprint density at radius 3 is 0.956 bits per heavy atom. The third kappa shape index (κ3) is 20.9. The Kier molecular flexibility index (Phi) is 34.4. The van der Waals surface area contributed by atoms with Crippen LogP contribution >= 0.6 is 0 Å². The zero-order valence-electron chi connectivity index (χ0n) is 61.7. The molecule has 9 saturated heterocycles. The van der Waals surface area contributed by atoms with Crippen molar-refractivity contribution in [1.29, 1.82) is 0 Å². The van der Waals surface area contributed by atoms with Gasteiger partial charge in [-0.25, -0.2) is 0 Å². The lowest BCUT2D eigenvalue weighted by molar-refractivity contribution is -0.397. The minimum Gasteiger partial charge on any atom is -0.394 e. The molecule has 9 heterocycles. The van der Waals surface area contributed by atoms with E-state index in [4.69, 9.17) is 85.3 Å². The number of carbonyl (C=O) groups is 4. The monoisotopic (exact) mass is 1670 g/mol. The van der Waals surface area contributed by atoms with Crippen LogP contribution in [0.2, 0.25) is 0 Å². The third-order valence-corrected chi connectivity index (χ3v) is 20.9. The lowest BCUT2D eigenvalue weighted by atomic mass is 9.93. The number of carbonyl (C=O) groups excluding carboxylic acids is 4. The summed E-state index contributed by atoms with van der Waals surface area (Å²) in [6.07, 6.45) is -83.8. The zero-order chi connectivity index (χ0) is 83.9. The maximum Gasteiger partial charge on any atom is 0.217 e. The van der Waals surface area contributed by atoms with Gasteiger partial charge in [0.1, 0.15) is 207 Å². The fraction of sp³-hybridized carbons (Fsp3) is 0.938. The second-order valence-corrected chi connectivity index (χ2v) is 28.8. The van der Waals surface area contributed by atoms with E-state index in [-0.39, 0.29) is 6.41 Å². The molecule has 0 saturated carbocycles. The SMILES string of the molecule is CC(=O)N[C@H]1[C@H](O[C@H]2[C@@H](O)[C@@H](CO)O[C@@H](O[C@H]3[C@H](O[C@@H]4O[C@@H](C)[C@@H](O)[C@@H](O)[C@@H]4O)[C@@H](NC(C)=O)[C@H](O[C@H]4[C@@H](O)[C@@H](CO)O[C@@H](O[C@H]5[C@H](O)[C@@H](O)[C@H](OC[C@@H](CO)NC=O)O[C@@H]5CO)[C@@H]4O)O[C@@H]3CO)[C@@H]2O)O[C@H](CO)[C@@H](O[C@@H]2O[C@H](CO)[C@H](O)[C@H](O[C@@H]3O[C@H](CO)[C@@H](O)[C@H](O[C@@H]4O[C@@H](C)[C@@H](O)[C@@H](O)[C@@H]4O)[C@H]3NC(C)=O)[C@H]2O)[C@@H]1O. The Morgan fingerprint density at radius 1 is 0.298 bits per heavy atom. The van der Waals surface area contributed by atoms with E-state index >= 15 is 0 Å². The van der Waals surface area contributed by atoms with Gasteiger partial charge in [-0.1, -0.05) is 0 Å². The van der Waals surface area contributed by atoms with E-state index in [0.29, 0.717) is 0 Å². The summed E-state index contributed by atoms with van der Waals surface area (Å²) in [5.41, 5.74) is 0. The average Bonchev–Trinajstić information content (AvgIpc) is 0.759. The largest absolute Gasteiger partial charge is 0.394 e. The molecule has 50 heteroatoms. The molecular weight excluding hydrogens is 1560 g/mol.